The Hall–Kier alpha value is -2.11. The van der Waals surface area contributed by atoms with Crippen molar-refractivity contribution in [2.75, 3.05) is 0 Å². The van der Waals surface area contributed by atoms with Gasteiger partial charge in [-0.3, -0.25) is 4.79 Å². The first-order valence-corrected chi connectivity index (χ1v) is 11.6. The Kier molecular flexibility index (Phi) is 4.79. The summed E-state index contributed by atoms with van der Waals surface area (Å²) in [7, 11) is 0. The summed E-state index contributed by atoms with van der Waals surface area (Å²) in [4.78, 5) is 24.8. The van der Waals surface area contributed by atoms with Crippen molar-refractivity contribution in [1.29, 1.82) is 0 Å². The van der Waals surface area contributed by atoms with Crippen LogP contribution in [-0.2, 0) is 10.2 Å². The Morgan fingerprint density at radius 1 is 1.07 bits per heavy atom. The van der Waals surface area contributed by atoms with Crippen LogP contribution in [-0.4, -0.2) is 22.0 Å². The maximum Gasteiger partial charge on any atom is 0.328 e. The fourth-order valence-corrected chi connectivity index (χ4v) is 7.57. The molecule has 4 fully saturated rings. The van der Waals surface area contributed by atoms with E-state index in [0.29, 0.717) is 20.3 Å². The van der Waals surface area contributed by atoms with Gasteiger partial charge < -0.3 is 10.2 Å². The summed E-state index contributed by atoms with van der Waals surface area (Å²) in [6, 6.07) is 6.73. The van der Waals surface area contributed by atoms with E-state index in [0.717, 1.165) is 48.7 Å². The van der Waals surface area contributed by atoms with E-state index < -0.39 is 5.97 Å². The maximum absolute atomic E-state index is 13.0. The number of carbonyl (C=O) groups is 2. The topological polar surface area (TPSA) is 74.6 Å². The molecule has 4 aliphatic carbocycles. The van der Waals surface area contributed by atoms with Gasteiger partial charge in [0.15, 0.2) is 0 Å². The minimum absolute atomic E-state index is 0.00177. The summed E-state index contributed by atoms with van der Waals surface area (Å²) < 4.78 is 0. The normalized spacial score (nSPS) is 29.6. The van der Waals surface area contributed by atoms with Gasteiger partial charge in [0.1, 0.15) is 5.75 Å². The van der Waals surface area contributed by atoms with Crippen molar-refractivity contribution < 1.29 is 19.8 Å². The fraction of sp³-hybridized carbons (Fsp3) is 0.417. The smallest absolute Gasteiger partial charge is 0.328 e. The molecule has 0 spiro atoms. The number of hydrogen-bond donors (Lipinski definition) is 2. The van der Waals surface area contributed by atoms with E-state index in [9.17, 15) is 14.7 Å². The highest BCUT2D eigenvalue weighted by atomic mass is 35.5. The molecule has 1 aromatic carbocycles. The molecule has 0 unspecified atom stereocenters. The molecular weight excluding hydrogens is 420 g/mol. The number of hydrogen-bond acceptors (Lipinski definition) is 4. The monoisotopic (exact) mass is 442 g/mol. The van der Waals surface area contributed by atoms with Gasteiger partial charge in [0.2, 0.25) is 5.78 Å². The number of carboxylic acids is 1. The maximum atomic E-state index is 13.0. The first kappa shape index (κ1) is 19.8. The highest BCUT2D eigenvalue weighted by Gasteiger charge is 2.52. The molecule has 6 rings (SSSR count). The second-order valence-electron chi connectivity index (χ2n) is 9.25. The van der Waals surface area contributed by atoms with Gasteiger partial charge in [-0.2, -0.15) is 0 Å². The average Bonchev–Trinajstić information content (AvgIpc) is 3.15. The van der Waals surface area contributed by atoms with Crippen LogP contribution >= 0.6 is 22.9 Å². The van der Waals surface area contributed by atoms with Gasteiger partial charge in [0, 0.05) is 22.1 Å². The number of ketones is 1. The number of carboxylic acid groups (broad SMARTS) is 1. The third-order valence-corrected chi connectivity index (χ3v) is 8.54. The molecule has 4 bridgehead atoms. The van der Waals surface area contributed by atoms with Gasteiger partial charge in [-0.25, -0.2) is 4.79 Å². The van der Waals surface area contributed by atoms with E-state index in [1.54, 1.807) is 12.1 Å². The standard InChI is InChI=1S/C24H23ClO4S/c25-19-9-18(24-10-13-5-14(11-24)7-15(6-13)12-24)20(26)8-17(19)23(29)21-3-1-16(30-21)2-4-22(27)28/h1-4,8-9,13-15,26H,5-7,10-12H2,(H,27,28). The molecule has 30 heavy (non-hydrogen) atoms. The molecule has 0 radical (unpaired) electrons. The molecule has 1 aromatic heterocycles. The number of carbonyl (C=O) groups excluding carboxylic acids is 1. The Morgan fingerprint density at radius 3 is 2.30 bits per heavy atom. The van der Waals surface area contributed by atoms with E-state index in [4.69, 9.17) is 16.7 Å². The van der Waals surface area contributed by atoms with Gasteiger partial charge >= 0.3 is 5.97 Å². The van der Waals surface area contributed by atoms with E-state index in [1.165, 1.54) is 42.7 Å². The lowest BCUT2D eigenvalue weighted by Gasteiger charge is -2.57. The van der Waals surface area contributed by atoms with Gasteiger partial charge in [-0.15, -0.1) is 11.3 Å². The van der Waals surface area contributed by atoms with Crippen LogP contribution in [0.2, 0.25) is 5.02 Å². The summed E-state index contributed by atoms with van der Waals surface area (Å²) in [5.41, 5.74) is 1.21. The van der Waals surface area contributed by atoms with Crippen LogP contribution in [0.4, 0.5) is 0 Å². The number of aromatic hydroxyl groups is 1. The van der Waals surface area contributed by atoms with E-state index in [1.807, 2.05) is 6.07 Å². The number of phenols is 1. The Bertz CT molecular complexity index is 1030. The molecule has 4 nitrogen and oxygen atoms in total. The van der Waals surface area contributed by atoms with Gasteiger partial charge in [0.25, 0.3) is 0 Å². The van der Waals surface area contributed by atoms with Crippen LogP contribution in [0.15, 0.2) is 30.3 Å². The van der Waals surface area contributed by atoms with E-state index >= 15 is 0 Å². The summed E-state index contributed by atoms with van der Waals surface area (Å²) in [5.74, 6) is 1.13. The zero-order valence-electron chi connectivity index (χ0n) is 16.4. The first-order chi connectivity index (χ1) is 14.3. The SMILES string of the molecule is O=C(O)C=Cc1ccc(C(=O)c2cc(O)c(C34CC5CC(CC(C5)C3)C4)cc2Cl)s1. The molecular formula is C24H23ClO4S. The highest BCUT2D eigenvalue weighted by Crippen LogP contribution is 2.62. The molecule has 156 valence electrons. The Morgan fingerprint density at radius 2 is 1.70 bits per heavy atom. The second-order valence-corrected chi connectivity index (χ2v) is 10.8. The quantitative estimate of drug-likeness (QED) is 0.446. The lowest BCUT2D eigenvalue weighted by Crippen LogP contribution is -2.48. The number of rotatable bonds is 5. The van der Waals surface area contributed by atoms with Crippen molar-refractivity contribution in [3.05, 3.63) is 56.2 Å². The zero-order valence-corrected chi connectivity index (χ0v) is 18.0. The fourth-order valence-electron chi connectivity index (χ4n) is 6.45. The van der Waals surface area contributed by atoms with Crippen molar-refractivity contribution in [3.8, 4) is 5.75 Å². The molecule has 2 aromatic rings. The Balaban J connectivity index is 1.45. The number of thiophene rings is 1. The van der Waals surface area contributed by atoms with Crippen molar-refractivity contribution in [2.24, 2.45) is 17.8 Å². The first-order valence-electron chi connectivity index (χ1n) is 10.4. The van der Waals surface area contributed by atoms with Crippen LogP contribution < -0.4 is 0 Å². The lowest BCUT2D eigenvalue weighted by atomic mass is 9.48. The molecule has 2 N–H and O–H groups in total. The molecule has 1 heterocycles. The number of halogens is 1. The lowest BCUT2D eigenvalue weighted by molar-refractivity contribution is -0.131. The minimum Gasteiger partial charge on any atom is -0.508 e. The van der Waals surface area contributed by atoms with Crippen LogP contribution in [0.3, 0.4) is 0 Å². The average molecular weight is 443 g/mol. The molecule has 4 saturated carbocycles. The molecule has 0 atom stereocenters. The van der Waals surface area contributed by atoms with Crippen LogP contribution in [0, 0.1) is 17.8 Å². The Labute approximate surface area is 184 Å². The molecule has 4 aliphatic rings. The van der Waals surface area contributed by atoms with E-state index in [2.05, 4.69) is 0 Å². The predicted octanol–water partition coefficient (Wildman–Crippen LogP) is 5.90. The van der Waals surface area contributed by atoms with Crippen molar-refractivity contribution in [2.45, 2.75) is 43.9 Å². The van der Waals surface area contributed by atoms with Gasteiger partial charge in [-0.1, -0.05) is 11.6 Å². The van der Waals surface area contributed by atoms with Crippen LogP contribution in [0.1, 0.15) is 64.2 Å². The van der Waals surface area contributed by atoms with Crippen molar-refractivity contribution in [1.82, 2.24) is 0 Å². The molecule has 0 amide bonds. The van der Waals surface area contributed by atoms with Crippen molar-refractivity contribution >= 4 is 40.8 Å². The minimum atomic E-state index is -1.04. The summed E-state index contributed by atoms with van der Waals surface area (Å²) >= 11 is 7.78. The van der Waals surface area contributed by atoms with Crippen LogP contribution in [0.25, 0.3) is 6.08 Å². The summed E-state index contributed by atoms with van der Waals surface area (Å²) in [6.07, 6.45) is 9.79. The number of aliphatic carboxylic acids is 1. The summed E-state index contributed by atoms with van der Waals surface area (Å²) in [6.45, 7) is 0. The van der Waals surface area contributed by atoms with E-state index in [-0.39, 0.29) is 16.9 Å². The molecule has 6 heteroatoms. The zero-order chi connectivity index (χ0) is 21.0. The third-order valence-electron chi connectivity index (χ3n) is 7.18. The second kappa shape index (κ2) is 7.24. The number of benzene rings is 1. The molecule has 0 aliphatic heterocycles. The van der Waals surface area contributed by atoms with Gasteiger partial charge in [0.05, 0.1) is 9.90 Å². The number of phenolic OH excluding ortho intramolecular Hbond substituents is 1. The third kappa shape index (κ3) is 3.38. The van der Waals surface area contributed by atoms with Crippen molar-refractivity contribution in [3.63, 3.8) is 0 Å². The summed E-state index contributed by atoms with van der Waals surface area (Å²) in [5, 5.41) is 20.1. The van der Waals surface area contributed by atoms with Crippen LogP contribution in [0.5, 0.6) is 5.75 Å². The molecule has 0 saturated heterocycles. The highest BCUT2D eigenvalue weighted by molar-refractivity contribution is 7.15. The predicted molar refractivity (Wildman–Crippen MR) is 117 cm³/mol. The van der Waals surface area contributed by atoms with Gasteiger partial charge in [-0.05, 0) is 92.0 Å². The largest absolute Gasteiger partial charge is 0.508 e.